The highest BCUT2D eigenvalue weighted by atomic mass is 16.5. The number of hydrogen-bond acceptors (Lipinski definition) is 3. The molecule has 0 bridgehead atoms. The molecule has 0 aromatic carbocycles. The van der Waals surface area contributed by atoms with E-state index in [0.29, 0.717) is 0 Å². The van der Waals surface area contributed by atoms with Crippen LogP contribution in [0.5, 0.6) is 0 Å². The molecule has 0 spiro atoms. The largest absolute Gasteiger partial charge is 0.383 e. The van der Waals surface area contributed by atoms with Gasteiger partial charge < -0.3 is 14.8 Å². The number of ether oxygens (including phenoxy) is 2. The molecule has 0 aromatic heterocycles. The van der Waals surface area contributed by atoms with Crippen LogP contribution in [-0.4, -0.2) is 39.0 Å². The third-order valence-corrected chi connectivity index (χ3v) is 1.56. The molecule has 74 valence electrons. The van der Waals surface area contributed by atoms with Crippen molar-refractivity contribution in [3.05, 3.63) is 0 Å². The summed E-state index contributed by atoms with van der Waals surface area (Å²) in [5, 5.41) is 3.34. The SMILES string of the molecule is CCOCCNC(C)(C)COC. The highest BCUT2D eigenvalue weighted by Crippen LogP contribution is 2.00. The van der Waals surface area contributed by atoms with Gasteiger partial charge in [0.05, 0.1) is 13.2 Å². The Morgan fingerprint density at radius 1 is 1.33 bits per heavy atom. The van der Waals surface area contributed by atoms with Crippen molar-refractivity contribution in [2.75, 3.05) is 33.5 Å². The molecule has 0 aliphatic heterocycles. The number of methoxy groups -OCH3 is 1. The van der Waals surface area contributed by atoms with Crippen molar-refractivity contribution in [2.24, 2.45) is 0 Å². The van der Waals surface area contributed by atoms with E-state index in [1.807, 2.05) is 6.92 Å². The zero-order valence-electron chi connectivity index (χ0n) is 8.64. The fourth-order valence-electron chi connectivity index (χ4n) is 1.02. The minimum absolute atomic E-state index is 0.0475. The number of nitrogens with one attached hydrogen (secondary N) is 1. The summed E-state index contributed by atoms with van der Waals surface area (Å²) >= 11 is 0. The Labute approximate surface area is 75.4 Å². The summed E-state index contributed by atoms with van der Waals surface area (Å²) in [7, 11) is 1.71. The van der Waals surface area contributed by atoms with Gasteiger partial charge in [-0.3, -0.25) is 0 Å². The van der Waals surface area contributed by atoms with Gasteiger partial charge in [0.2, 0.25) is 0 Å². The fourth-order valence-corrected chi connectivity index (χ4v) is 1.02. The van der Waals surface area contributed by atoms with E-state index in [-0.39, 0.29) is 5.54 Å². The van der Waals surface area contributed by atoms with Gasteiger partial charge in [-0.25, -0.2) is 0 Å². The Bertz CT molecular complexity index is 105. The van der Waals surface area contributed by atoms with Crippen LogP contribution in [0, 0.1) is 0 Å². The lowest BCUT2D eigenvalue weighted by Crippen LogP contribution is -2.44. The van der Waals surface area contributed by atoms with E-state index in [0.717, 1.165) is 26.4 Å². The lowest BCUT2D eigenvalue weighted by Gasteiger charge is -2.25. The van der Waals surface area contributed by atoms with Crippen molar-refractivity contribution >= 4 is 0 Å². The molecule has 1 N–H and O–H groups in total. The molecule has 3 heteroatoms. The lowest BCUT2D eigenvalue weighted by molar-refractivity contribution is 0.108. The Morgan fingerprint density at radius 3 is 2.50 bits per heavy atom. The van der Waals surface area contributed by atoms with Crippen LogP contribution in [-0.2, 0) is 9.47 Å². The average molecular weight is 175 g/mol. The van der Waals surface area contributed by atoms with Crippen LogP contribution in [0.25, 0.3) is 0 Å². The molecule has 0 rings (SSSR count). The van der Waals surface area contributed by atoms with Gasteiger partial charge >= 0.3 is 0 Å². The molecule has 3 nitrogen and oxygen atoms in total. The first-order chi connectivity index (χ1) is 5.62. The summed E-state index contributed by atoms with van der Waals surface area (Å²) in [6.07, 6.45) is 0. The summed E-state index contributed by atoms with van der Waals surface area (Å²) in [5.74, 6) is 0. The van der Waals surface area contributed by atoms with E-state index >= 15 is 0 Å². The van der Waals surface area contributed by atoms with Crippen LogP contribution in [0.15, 0.2) is 0 Å². The zero-order chi connectivity index (χ0) is 9.45. The molecule has 0 radical (unpaired) electrons. The molecule has 0 saturated carbocycles. The van der Waals surface area contributed by atoms with Gasteiger partial charge in [-0.05, 0) is 20.8 Å². The van der Waals surface area contributed by atoms with Crippen molar-refractivity contribution in [1.29, 1.82) is 0 Å². The summed E-state index contributed by atoms with van der Waals surface area (Å²) < 4.78 is 10.3. The van der Waals surface area contributed by atoms with Gasteiger partial charge in [0, 0.05) is 25.8 Å². The summed E-state index contributed by atoms with van der Waals surface area (Å²) in [6.45, 7) is 9.38. The number of hydrogen-bond donors (Lipinski definition) is 1. The van der Waals surface area contributed by atoms with E-state index in [2.05, 4.69) is 19.2 Å². The average Bonchev–Trinajstić information content (AvgIpc) is 1.98. The molecule has 0 amide bonds. The van der Waals surface area contributed by atoms with Crippen molar-refractivity contribution in [3.63, 3.8) is 0 Å². The quantitative estimate of drug-likeness (QED) is 0.586. The van der Waals surface area contributed by atoms with Crippen LogP contribution >= 0.6 is 0 Å². The molecule has 0 heterocycles. The maximum atomic E-state index is 5.20. The lowest BCUT2D eigenvalue weighted by atomic mass is 10.1. The van der Waals surface area contributed by atoms with Gasteiger partial charge in [-0.15, -0.1) is 0 Å². The number of rotatable bonds is 7. The third-order valence-electron chi connectivity index (χ3n) is 1.56. The van der Waals surface area contributed by atoms with Gasteiger partial charge in [0.25, 0.3) is 0 Å². The van der Waals surface area contributed by atoms with Gasteiger partial charge in [0.1, 0.15) is 0 Å². The molecule has 0 saturated heterocycles. The second-order valence-corrected chi connectivity index (χ2v) is 3.44. The summed E-state index contributed by atoms with van der Waals surface area (Å²) in [6, 6.07) is 0. The van der Waals surface area contributed by atoms with E-state index in [9.17, 15) is 0 Å². The topological polar surface area (TPSA) is 30.5 Å². The van der Waals surface area contributed by atoms with E-state index in [4.69, 9.17) is 9.47 Å². The molecular weight excluding hydrogens is 154 g/mol. The Kier molecular flexibility index (Phi) is 6.34. The minimum atomic E-state index is 0.0475. The first-order valence-corrected chi connectivity index (χ1v) is 4.44. The highest BCUT2D eigenvalue weighted by Gasteiger charge is 2.15. The predicted octanol–water partition coefficient (Wildman–Crippen LogP) is 1.04. The van der Waals surface area contributed by atoms with E-state index in [1.54, 1.807) is 7.11 Å². The Morgan fingerprint density at radius 2 is 2.00 bits per heavy atom. The first kappa shape index (κ1) is 11.9. The van der Waals surface area contributed by atoms with E-state index < -0.39 is 0 Å². The molecule has 12 heavy (non-hydrogen) atoms. The van der Waals surface area contributed by atoms with E-state index in [1.165, 1.54) is 0 Å². The Balaban J connectivity index is 3.33. The van der Waals surface area contributed by atoms with Gasteiger partial charge in [-0.1, -0.05) is 0 Å². The first-order valence-electron chi connectivity index (χ1n) is 4.44. The maximum absolute atomic E-state index is 5.20. The molecular formula is C9H21NO2. The fraction of sp³-hybridized carbons (Fsp3) is 1.00. The molecule has 0 aromatic rings. The molecule has 0 unspecified atom stereocenters. The Hall–Kier alpha value is -0.120. The van der Waals surface area contributed by atoms with Crippen LogP contribution in [0.4, 0.5) is 0 Å². The van der Waals surface area contributed by atoms with Gasteiger partial charge in [-0.2, -0.15) is 0 Å². The van der Waals surface area contributed by atoms with Crippen molar-refractivity contribution in [3.8, 4) is 0 Å². The summed E-state index contributed by atoms with van der Waals surface area (Å²) in [5.41, 5.74) is 0.0475. The third kappa shape index (κ3) is 6.58. The van der Waals surface area contributed by atoms with Crippen molar-refractivity contribution in [2.45, 2.75) is 26.3 Å². The van der Waals surface area contributed by atoms with Crippen molar-refractivity contribution < 1.29 is 9.47 Å². The van der Waals surface area contributed by atoms with Crippen LogP contribution in [0.3, 0.4) is 0 Å². The second kappa shape index (κ2) is 6.40. The van der Waals surface area contributed by atoms with Crippen LogP contribution in [0.2, 0.25) is 0 Å². The molecule has 0 aliphatic carbocycles. The second-order valence-electron chi connectivity index (χ2n) is 3.44. The van der Waals surface area contributed by atoms with Crippen LogP contribution < -0.4 is 5.32 Å². The molecule has 0 fully saturated rings. The minimum Gasteiger partial charge on any atom is -0.383 e. The van der Waals surface area contributed by atoms with Gasteiger partial charge in [0.15, 0.2) is 0 Å². The molecule has 0 atom stereocenters. The zero-order valence-corrected chi connectivity index (χ0v) is 8.64. The standard InChI is InChI=1S/C9H21NO2/c1-5-12-7-6-10-9(2,3)8-11-4/h10H,5-8H2,1-4H3. The molecule has 0 aliphatic rings. The predicted molar refractivity (Wildman–Crippen MR) is 50.5 cm³/mol. The normalized spacial score (nSPS) is 12.0. The van der Waals surface area contributed by atoms with Crippen LogP contribution in [0.1, 0.15) is 20.8 Å². The highest BCUT2D eigenvalue weighted by molar-refractivity contribution is 4.76. The monoisotopic (exact) mass is 175 g/mol. The van der Waals surface area contributed by atoms with Crippen molar-refractivity contribution in [1.82, 2.24) is 5.32 Å². The smallest absolute Gasteiger partial charge is 0.0639 e. The summed E-state index contributed by atoms with van der Waals surface area (Å²) in [4.78, 5) is 0. The maximum Gasteiger partial charge on any atom is 0.0639 e.